The van der Waals surface area contributed by atoms with E-state index in [4.69, 9.17) is 4.74 Å². The molecule has 0 saturated heterocycles. The molecule has 0 amide bonds. The maximum absolute atomic E-state index is 10.8. The van der Waals surface area contributed by atoms with Crippen molar-refractivity contribution in [2.24, 2.45) is 10.8 Å². The van der Waals surface area contributed by atoms with Crippen molar-refractivity contribution in [1.29, 1.82) is 0 Å². The second kappa shape index (κ2) is 2.96. The van der Waals surface area contributed by atoms with Gasteiger partial charge in [0.15, 0.2) is 0 Å². The Bertz CT molecular complexity index is 298. The Morgan fingerprint density at radius 1 is 1.00 bits per heavy atom. The fourth-order valence-corrected chi connectivity index (χ4v) is 8.21. The van der Waals surface area contributed by atoms with Gasteiger partial charge in [0, 0.05) is 9.84 Å². The van der Waals surface area contributed by atoms with E-state index in [1.807, 2.05) is 0 Å². The first-order valence-electron chi connectivity index (χ1n) is 6.11. The molecule has 2 unspecified atom stereocenters. The molecule has 0 N–H and O–H groups in total. The molecule has 0 radical (unpaired) electrons. The van der Waals surface area contributed by atoms with Gasteiger partial charge in [0.1, 0.15) is 5.60 Å². The van der Waals surface area contributed by atoms with Gasteiger partial charge in [0.25, 0.3) is 6.47 Å². The van der Waals surface area contributed by atoms with Crippen LogP contribution in [0.3, 0.4) is 0 Å². The molecule has 4 bridgehead atoms. The van der Waals surface area contributed by atoms with Crippen LogP contribution in [-0.2, 0) is 9.53 Å². The van der Waals surface area contributed by atoms with Crippen LogP contribution in [0.5, 0.6) is 0 Å². The summed E-state index contributed by atoms with van der Waals surface area (Å²) in [5.41, 5.74) is 0.655. The van der Waals surface area contributed by atoms with Crippen LogP contribution in [0.4, 0.5) is 0 Å². The van der Waals surface area contributed by atoms with E-state index in [-0.39, 0.29) is 5.60 Å². The molecule has 0 aromatic carbocycles. The van der Waals surface area contributed by atoms with E-state index in [9.17, 15) is 4.79 Å². The van der Waals surface area contributed by atoms with Crippen LogP contribution in [0.15, 0.2) is 0 Å². The highest BCUT2D eigenvalue weighted by molar-refractivity contribution is 14.1. The highest BCUT2D eigenvalue weighted by Crippen LogP contribution is 2.70. The minimum absolute atomic E-state index is 0.138. The molecule has 4 aliphatic rings. The Morgan fingerprint density at radius 3 is 2.00 bits per heavy atom. The van der Waals surface area contributed by atoms with Crippen LogP contribution in [-0.4, -0.2) is 15.5 Å². The summed E-state index contributed by atoms with van der Waals surface area (Å²) < 4.78 is 5.93. The zero-order valence-corrected chi connectivity index (χ0v) is 12.2. The number of hydrogen-bond acceptors (Lipinski definition) is 2. The topological polar surface area (TPSA) is 26.3 Å². The van der Waals surface area contributed by atoms with Gasteiger partial charge in [0.2, 0.25) is 0 Å². The summed E-state index contributed by atoms with van der Waals surface area (Å²) >= 11 is 2.64. The number of hydrogen-bond donors (Lipinski definition) is 0. The van der Waals surface area contributed by atoms with E-state index in [0.717, 1.165) is 19.3 Å². The van der Waals surface area contributed by atoms with Crippen LogP contribution in [0.1, 0.15) is 52.4 Å². The van der Waals surface area contributed by atoms with E-state index in [0.29, 0.717) is 20.7 Å². The number of rotatable bonds is 2. The zero-order valence-electron chi connectivity index (χ0n) is 10.0. The Kier molecular flexibility index (Phi) is 2.09. The van der Waals surface area contributed by atoms with Crippen molar-refractivity contribution >= 4 is 29.1 Å². The number of alkyl halides is 1. The molecule has 0 aromatic heterocycles. The fourth-order valence-electron chi connectivity index (χ4n) is 5.67. The van der Waals surface area contributed by atoms with Crippen LogP contribution < -0.4 is 0 Å². The first-order valence-corrected chi connectivity index (χ1v) is 7.19. The van der Waals surface area contributed by atoms with Gasteiger partial charge in [-0.3, -0.25) is 4.79 Å². The predicted molar refractivity (Wildman–Crippen MR) is 70.5 cm³/mol. The van der Waals surface area contributed by atoms with Gasteiger partial charge in [-0.15, -0.1) is 0 Å². The van der Waals surface area contributed by atoms with E-state index in [1.54, 1.807) is 0 Å². The third-order valence-corrected chi connectivity index (χ3v) is 5.92. The van der Waals surface area contributed by atoms with Crippen LogP contribution in [0, 0.1) is 10.8 Å². The van der Waals surface area contributed by atoms with Gasteiger partial charge in [-0.25, -0.2) is 0 Å². The lowest BCUT2D eigenvalue weighted by molar-refractivity contribution is -0.197. The molecule has 4 aliphatic carbocycles. The van der Waals surface area contributed by atoms with Gasteiger partial charge in [0.05, 0.1) is 0 Å². The lowest BCUT2D eigenvalue weighted by Gasteiger charge is -2.67. The summed E-state index contributed by atoms with van der Waals surface area (Å²) in [5.74, 6) is 0. The molecule has 0 heterocycles. The third kappa shape index (κ3) is 1.53. The standard InChI is InChI=1S/C13H19IO2/c1-10-3-11(2)5-12(14,4-10)8-13(6-10,7-11)16-9-15/h9H,3-8H2,1-2H3. The summed E-state index contributed by atoms with van der Waals surface area (Å²) in [6.45, 7) is 5.46. The SMILES string of the molecule is CC12CC3(C)CC(I)(C1)CC(OC=O)(C2)C3. The molecule has 4 rings (SSSR count). The molecule has 0 spiro atoms. The lowest BCUT2D eigenvalue weighted by Crippen LogP contribution is -2.64. The number of ether oxygens (including phenoxy) is 1. The van der Waals surface area contributed by atoms with Crippen molar-refractivity contribution in [1.82, 2.24) is 0 Å². The average molecular weight is 334 g/mol. The first-order chi connectivity index (χ1) is 7.30. The van der Waals surface area contributed by atoms with Crippen LogP contribution >= 0.6 is 22.6 Å². The van der Waals surface area contributed by atoms with Gasteiger partial charge in [-0.1, -0.05) is 36.4 Å². The predicted octanol–water partition coefficient (Wildman–Crippen LogP) is 3.47. The van der Waals surface area contributed by atoms with Crippen LogP contribution in [0.25, 0.3) is 0 Å². The minimum Gasteiger partial charge on any atom is -0.461 e. The average Bonchev–Trinajstić information content (AvgIpc) is 1.91. The van der Waals surface area contributed by atoms with Crippen molar-refractivity contribution in [3.05, 3.63) is 0 Å². The summed E-state index contributed by atoms with van der Waals surface area (Å²) in [5, 5.41) is 0. The van der Waals surface area contributed by atoms with Crippen molar-refractivity contribution < 1.29 is 9.53 Å². The molecule has 3 heteroatoms. The van der Waals surface area contributed by atoms with Crippen molar-refractivity contribution in [2.45, 2.75) is 61.4 Å². The van der Waals surface area contributed by atoms with E-state index >= 15 is 0 Å². The normalized spacial score (nSPS) is 58.7. The summed E-state index contributed by atoms with van der Waals surface area (Å²) in [6, 6.07) is 0. The Labute approximate surface area is 111 Å². The molecular formula is C13H19IO2. The minimum atomic E-state index is -0.138. The Morgan fingerprint density at radius 2 is 1.56 bits per heavy atom. The van der Waals surface area contributed by atoms with Gasteiger partial charge < -0.3 is 4.74 Å². The number of carbonyl (C=O) groups is 1. The molecule has 4 fully saturated rings. The molecular weight excluding hydrogens is 315 g/mol. The third-order valence-electron chi connectivity index (χ3n) is 4.78. The van der Waals surface area contributed by atoms with Gasteiger partial charge in [-0.05, 0) is 42.9 Å². The fraction of sp³-hybridized carbons (Fsp3) is 0.923. The molecule has 90 valence electrons. The smallest absolute Gasteiger partial charge is 0.293 e. The maximum Gasteiger partial charge on any atom is 0.293 e. The largest absolute Gasteiger partial charge is 0.461 e. The monoisotopic (exact) mass is 334 g/mol. The van der Waals surface area contributed by atoms with Gasteiger partial charge in [-0.2, -0.15) is 0 Å². The van der Waals surface area contributed by atoms with Crippen molar-refractivity contribution in [3.8, 4) is 0 Å². The highest BCUT2D eigenvalue weighted by atomic mass is 127. The molecule has 4 saturated carbocycles. The quantitative estimate of drug-likeness (QED) is 0.439. The van der Waals surface area contributed by atoms with E-state index < -0.39 is 0 Å². The van der Waals surface area contributed by atoms with Crippen LogP contribution in [0.2, 0.25) is 0 Å². The molecule has 2 nitrogen and oxygen atoms in total. The Hall–Kier alpha value is 0.200. The second-order valence-corrected chi connectivity index (χ2v) is 9.52. The molecule has 2 atom stereocenters. The first kappa shape index (κ1) is 11.3. The van der Waals surface area contributed by atoms with Gasteiger partial charge >= 0.3 is 0 Å². The van der Waals surface area contributed by atoms with E-state index in [2.05, 4.69) is 36.4 Å². The molecule has 0 aliphatic heterocycles. The summed E-state index contributed by atoms with van der Waals surface area (Å²) in [7, 11) is 0. The summed E-state index contributed by atoms with van der Waals surface area (Å²) in [6.07, 6.45) is 7.16. The zero-order chi connectivity index (χ0) is 11.7. The van der Waals surface area contributed by atoms with E-state index in [1.165, 1.54) is 19.3 Å². The molecule has 16 heavy (non-hydrogen) atoms. The highest BCUT2D eigenvalue weighted by Gasteiger charge is 2.66. The molecule has 0 aromatic rings. The van der Waals surface area contributed by atoms with Crippen molar-refractivity contribution in [3.63, 3.8) is 0 Å². The lowest BCUT2D eigenvalue weighted by atomic mass is 9.43. The Balaban J connectivity index is 2.03. The maximum atomic E-state index is 10.8. The summed E-state index contributed by atoms with van der Waals surface area (Å²) in [4.78, 5) is 10.8. The number of carbonyl (C=O) groups excluding carboxylic acids is 1. The number of halogens is 1. The van der Waals surface area contributed by atoms with Crippen molar-refractivity contribution in [2.75, 3.05) is 0 Å². The second-order valence-electron chi connectivity index (χ2n) is 7.23.